The Bertz CT molecular complexity index is 1290. The topological polar surface area (TPSA) is 119 Å². The molecule has 4 aromatic rings. The van der Waals surface area contributed by atoms with Crippen molar-refractivity contribution in [2.45, 2.75) is 19.9 Å². The molecule has 0 spiro atoms. The van der Waals surface area contributed by atoms with E-state index in [-0.39, 0.29) is 28.3 Å². The van der Waals surface area contributed by atoms with Crippen molar-refractivity contribution < 1.29 is 13.9 Å². The average Bonchev–Trinajstić information content (AvgIpc) is 3.11. The van der Waals surface area contributed by atoms with Gasteiger partial charge in [-0.2, -0.15) is 0 Å². The first-order valence-corrected chi connectivity index (χ1v) is 9.64. The zero-order valence-corrected chi connectivity index (χ0v) is 17.3. The van der Waals surface area contributed by atoms with Gasteiger partial charge in [-0.25, -0.2) is 9.37 Å². The van der Waals surface area contributed by atoms with E-state index in [2.05, 4.69) is 25.6 Å². The summed E-state index contributed by atoms with van der Waals surface area (Å²) in [5.74, 6) is -0.643. The molecule has 3 aromatic heterocycles. The fourth-order valence-electron chi connectivity index (χ4n) is 3.31. The standard InChI is InChI=1S/C21H22FN7O2/c1-11(23)8-26-18-15(22)7-14(17-19(18)25-5-4-24-17)21(30)28-13-6-16(31-3)20-27-12(2)9-29(20)10-13/h4-7,9-11,26H,8,23H2,1-3H3,(H,28,30)/t11-/m1/s1. The number of aromatic nitrogens is 4. The summed E-state index contributed by atoms with van der Waals surface area (Å²) in [6, 6.07) is 2.61. The zero-order chi connectivity index (χ0) is 22.1. The van der Waals surface area contributed by atoms with Crippen LogP contribution in [-0.2, 0) is 0 Å². The van der Waals surface area contributed by atoms with Crippen LogP contribution < -0.4 is 21.1 Å². The minimum Gasteiger partial charge on any atom is -0.493 e. The number of nitrogens with zero attached hydrogens (tertiary/aromatic N) is 4. The highest BCUT2D eigenvalue weighted by Crippen LogP contribution is 2.29. The SMILES string of the molecule is COc1cc(NC(=O)c2cc(F)c(NC[C@@H](C)N)c3nccnc23)cn2cc(C)nc12. The highest BCUT2D eigenvalue weighted by atomic mass is 19.1. The van der Waals surface area contributed by atoms with Crippen molar-refractivity contribution >= 4 is 34.0 Å². The van der Waals surface area contributed by atoms with E-state index in [4.69, 9.17) is 10.5 Å². The molecular weight excluding hydrogens is 401 g/mol. The number of ether oxygens (including phenoxy) is 1. The number of carbonyl (C=O) groups excluding carboxylic acids is 1. The zero-order valence-electron chi connectivity index (χ0n) is 17.3. The second kappa shape index (κ2) is 8.15. The van der Waals surface area contributed by atoms with Crippen molar-refractivity contribution in [1.29, 1.82) is 0 Å². The number of aryl methyl sites for hydroxylation is 1. The van der Waals surface area contributed by atoms with E-state index in [0.29, 0.717) is 23.6 Å². The van der Waals surface area contributed by atoms with Gasteiger partial charge in [0.25, 0.3) is 5.91 Å². The van der Waals surface area contributed by atoms with Gasteiger partial charge >= 0.3 is 0 Å². The maximum absolute atomic E-state index is 14.9. The summed E-state index contributed by atoms with van der Waals surface area (Å²) in [6.07, 6.45) is 6.42. The Kier molecular flexibility index (Phi) is 5.38. The summed E-state index contributed by atoms with van der Waals surface area (Å²) in [6.45, 7) is 4.00. The molecule has 9 nitrogen and oxygen atoms in total. The minimum atomic E-state index is -0.614. The average molecular weight is 423 g/mol. The maximum Gasteiger partial charge on any atom is 0.258 e. The van der Waals surface area contributed by atoms with Crippen LogP contribution in [0.3, 0.4) is 0 Å². The number of hydrogen-bond acceptors (Lipinski definition) is 7. The first-order valence-electron chi connectivity index (χ1n) is 9.64. The van der Waals surface area contributed by atoms with Gasteiger partial charge in [0, 0.05) is 43.4 Å². The second-order valence-corrected chi connectivity index (χ2v) is 7.26. The van der Waals surface area contributed by atoms with Crippen LogP contribution in [0, 0.1) is 12.7 Å². The first-order chi connectivity index (χ1) is 14.9. The van der Waals surface area contributed by atoms with Crippen LogP contribution in [-0.4, -0.2) is 45.0 Å². The quantitative estimate of drug-likeness (QED) is 0.436. The molecule has 4 rings (SSSR count). The normalized spacial score (nSPS) is 12.2. The minimum absolute atomic E-state index is 0.0628. The number of methoxy groups -OCH3 is 1. The predicted molar refractivity (Wildman–Crippen MR) is 116 cm³/mol. The lowest BCUT2D eigenvalue weighted by Gasteiger charge is -2.14. The molecule has 1 aromatic carbocycles. The Morgan fingerprint density at radius 3 is 2.71 bits per heavy atom. The number of imidazole rings is 1. The van der Waals surface area contributed by atoms with E-state index < -0.39 is 11.7 Å². The van der Waals surface area contributed by atoms with E-state index >= 15 is 0 Å². The molecule has 0 bridgehead atoms. The maximum atomic E-state index is 14.9. The van der Waals surface area contributed by atoms with Gasteiger partial charge in [-0.05, 0) is 19.9 Å². The summed E-state index contributed by atoms with van der Waals surface area (Å²) in [7, 11) is 1.53. The lowest BCUT2D eigenvalue weighted by atomic mass is 10.1. The highest BCUT2D eigenvalue weighted by Gasteiger charge is 2.20. The Hall–Kier alpha value is -3.79. The van der Waals surface area contributed by atoms with Gasteiger partial charge in [-0.1, -0.05) is 0 Å². The van der Waals surface area contributed by atoms with Gasteiger partial charge in [-0.3, -0.25) is 14.8 Å². The van der Waals surface area contributed by atoms with E-state index in [0.717, 1.165) is 11.8 Å². The summed E-state index contributed by atoms with van der Waals surface area (Å²) in [5.41, 5.74) is 8.42. The molecule has 1 amide bonds. The molecule has 0 aliphatic heterocycles. The molecule has 4 N–H and O–H groups in total. The predicted octanol–water partition coefficient (Wildman–Crippen LogP) is 2.75. The molecule has 0 unspecified atom stereocenters. The summed E-state index contributed by atoms with van der Waals surface area (Å²) < 4.78 is 22.0. The largest absolute Gasteiger partial charge is 0.493 e. The fourth-order valence-corrected chi connectivity index (χ4v) is 3.31. The molecule has 0 radical (unpaired) electrons. The van der Waals surface area contributed by atoms with Gasteiger partial charge in [0.1, 0.15) is 16.9 Å². The number of hydrogen-bond donors (Lipinski definition) is 3. The van der Waals surface area contributed by atoms with Crippen LogP contribution in [0.25, 0.3) is 16.7 Å². The van der Waals surface area contributed by atoms with Crippen molar-refractivity contribution in [2.24, 2.45) is 5.73 Å². The molecule has 0 aliphatic carbocycles. The summed E-state index contributed by atoms with van der Waals surface area (Å²) >= 11 is 0. The highest BCUT2D eigenvalue weighted by molar-refractivity contribution is 6.13. The number of pyridine rings is 1. The van der Waals surface area contributed by atoms with E-state index in [1.54, 1.807) is 23.6 Å². The third kappa shape index (κ3) is 3.97. The smallest absolute Gasteiger partial charge is 0.258 e. The monoisotopic (exact) mass is 423 g/mol. The molecule has 10 heteroatoms. The molecule has 1 atom stereocenters. The third-order valence-electron chi connectivity index (χ3n) is 4.66. The second-order valence-electron chi connectivity index (χ2n) is 7.26. The van der Waals surface area contributed by atoms with Gasteiger partial charge < -0.3 is 25.5 Å². The molecule has 31 heavy (non-hydrogen) atoms. The number of nitrogens with two attached hydrogens (primary N) is 1. The van der Waals surface area contributed by atoms with Crippen molar-refractivity contribution in [3.05, 3.63) is 54.0 Å². The number of rotatable bonds is 6. The molecule has 0 saturated heterocycles. The lowest BCUT2D eigenvalue weighted by Crippen LogP contribution is -2.26. The molecule has 160 valence electrons. The van der Waals surface area contributed by atoms with Crippen LogP contribution in [0.4, 0.5) is 15.8 Å². The van der Waals surface area contributed by atoms with Crippen molar-refractivity contribution in [3.8, 4) is 5.75 Å². The number of nitrogens with one attached hydrogen (secondary N) is 2. The number of fused-ring (bicyclic) bond motifs is 2. The van der Waals surface area contributed by atoms with Gasteiger partial charge in [0.05, 0.1) is 29.7 Å². The Morgan fingerprint density at radius 1 is 1.26 bits per heavy atom. The Labute approximate surface area is 177 Å². The number of anilines is 2. The number of amides is 1. The molecule has 0 aliphatic rings. The van der Waals surface area contributed by atoms with Crippen molar-refractivity contribution in [1.82, 2.24) is 19.4 Å². The van der Waals surface area contributed by atoms with Gasteiger partial charge in [0.15, 0.2) is 11.4 Å². The number of halogens is 1. The fraction of sp³-hybridized carbons (Fsp3) is 0.238. The van der Waals surface area contributed by atoms with Gasteiger partial charge in [-0.15, -0.1) is 0 Å². The number of benzene rings is 1. The Balaban J connectivity index is 1.73. The van der Waals surface area contributed by atoms with E-state index in [1.807, 2.05) is 13.1 Å². The number of carbonyl (C=O) groups is 1. The van der Waals surface area contributed by atoms with Crippen molar-refractivity contribution in [3.63, 3.8) is 0 Å². The Morgan fingerprint density at radius 2 is 2.00 bits per heavy atom. The molecule has 0 fully saturated rings. The molecule has 0 saturated carbocycles. The van der Waals surface area contributed by atoms with Gasteiger partial charge in [0.2, 0.25) is 0 Å². The summed E-state index contributed by atoms with van der Waals surface area (Å²) in [5, 5.41) is 5.73. The van der Waals surface area contributed by atoms with Crippen LogP contribution >= 0.6 is 0 Å². The van der Waals surface area contributed by atoms with E-state index in [1.165, 1.54) is 19.5 Å². The van der Waals surface area contributed by atoms with Crippen LogP contribution in [0.15, 0.2) is 36.9 Å². The lowest BCUT2D eigenvalue weighted by molar-refractivity contribution is 0.102. The van der Waals surface area contributed by atoms with Crippen LogP contribution in [0.2, 0.25) is 0 Å². The van der Waals surface area contributed by atoms with Crippen LogP contribution in [0.1, 0.15) is 23.0 Å². The van der Waals surface area contributed by atoms with E-state index in [9.17, 15) is 9.18 Å². The third-order valence-corrected chi connectivity index (χ3v) is 4.66. The summed E-state index contributed by atoms with van der Waals surface area (Å²) in [4.78, 5) is 25.9. The van der Waals surface area contributed by atoms with Crippen molar-refractivity contribution in [2.75, 3.05) is 24.3 Å². The van der Waals surface area contributed by atoms with Crippen LogP contribution in [0.5, 0.6) is 5.75 Å². The first kappa shape index (κ1) is 20.5. The molecular formula is C21H22FN7O2. The molecule has 3 heterocycles.